The maximum atomic E-state index is 13.4. The third-order valence-corrected chi connectivity index (χ3v) is 6.65. The summed E-state index contributed by atoms with van der Waals surface area (Å²) in [5.74, 6) is 0.746. The van der Waals surface area contributed by atoms with Crippen LogP contribution in [-0.2, 0) is 13.6 Å². The minimum atomic E-state index is -4.43. The lowest BCUT2D eigenvalue weighted by molar-refractivity contribution is -0.139. The van der Waals surface area contributed by atoms with Crippen LogP contribution in [-0.4, -0.2) is 60.7 Å². The highest BCUT2D eigenvalue weighted by Gasteiger charge is 2.31. The van der Waals surface area contributed by atoms with E-state index >= 15 is 0 Å². The average molecular weight is 486 g/mol. The monoisotopic (exact) mass is 485 g/mol. The Morgan fingerprint density at radius 1 is 1.17 bits per heavy atom. The quantitative estimate of drug-likeness (QED) is 0.465. The van der Waals surface area contributed by atoms with E-state index in [2.05, 4.69) is 15.0 Å². The van der Waals surface area contributed by atoms with Gasteiger partial charge in [-0.05, 0) is 56.0 Å². The van der Waals surface area contributed by atoms with Crippen LogP contribution in [0.1, 0.15) is 29.6 Å². The lowest BCUT2D eigenvalue weighted by Gasteiger charge is -2.31. The fourth-order valence-corrected chi connectivity index (χ4v) is 4.88. The lowest BCUT2D eigenvalue weighted by Crippen LogP contribution is -2.38. The molecule has 5 rings (SSSR count). The van der Waals surface area contributed by atoms with E-state index in [-0.39, 0.29) is 17.2 Å². The number of amides is 1. The van der Waals surface area contributed by atoms with E-state index < -0.39 is 12.7 Å². The number of nitrogens with zero attached hydrogens (tertiary/aromatic N) is 6. The molecule has 5 heterocycles. The SMILES string of the molecule is Cn1c(-c2cc3cccnc3n2CC(F)(F)F)nc2cc(C(=O)N3CCC(CCN)CC3)cnc21. The van der Waals surface area contributed by atoms with E-state index in [4.69, 9.17) is 5.73 Å². The first-order chi connectivity index (χ1) is 16.7. The molecule has 8 nitrogen and oxygen atoms in total. The molecule has 1 saturated heterocycles. The Hall–Kier alpha value is -3.47. The van der Waals surface area contributed by atoms with Crippen LogP contribution in [0.5, 0.6) is 0 Å². The molecule has 2 N–H and O–H groups in total. The largest absolute Gasteiger partial charge is 0.406 e. The van der Waals surface area contributed by atoms with Gasteiger partial charge in [-0.2, -0.15) is 13.2 Å². The molecule has 1 aliphatic rings. The van der Waals surface area contributed by atoms with Gasteiger partial charge in [0.05, 0.1) is 11.3 Å². The number of rotatable bonds is 5. The number of piperidine rings is 1. The summed E-state index contributed by atoms with van der Waals surface area (Å²) in [5.41, 5.74) is 7.51. The average Bonchev–Trinajstić information content (AvgIpc) is 3.35. The molecular formula is C24H26F3N7O. The predicted octanol–water partition coefficient (Wildman–Crippen LogP) is 3.75. The highest BCUT2D eigenvalue weighted by atomic mass is 19.4. The molecule has 0 bridgehead atoms. The minimum Gasteiger partial charge on any atom is -0.339 e. The standard InChI is InChI=1S/C24H26F3N7O/c1-32-21-18(11-17(13-30-21)23(35)33-9-5-15(4-7-28)6-10-33)31-22(32)19-12-16-3-2-8-29-20(16)34(19)14-24(25,26)27/h2-3,8,11-13,15H,4-7,9-10,14,28H2,1H3. The second-order valence-corrected chi connectivity index (χ2v) is 9.02. The van der Waals surface area contributed by atoms with E-state index in [0.717, 1.165) is 23.8 Å². The van der Waals surface area contributed by atoms with E-state index in [9.17, 15) is 18.0 Å². The van der Waals surface area contributed by atoms with Crippen LogP contribution in [0.25, 0.3) is 33.7 Å². The predicted molar refractivity (Wildman–Crippen MR) is 126 cm³/mol. The van der Waals surface area contributed by atoms with Crippen LogP contribution in [0.2, 0.25) is 0 Å². The van der Waals surface area contributed by atoms with Crippen molar-refractivity contribution in [2.45, 2.75) is 32.0 Å². The van der Waals surface area contributed by atoms with Crippen LogP contribution in [0.15, 0.2) is 36.7 Å². The summed E-state index contributed by atoms with van der Waals surface area (Å²) < 4.78 is 43.0. The van der Waals surface area contributed by atoms with E-state index in [0.29, 0.717) is 53.5 Å². The van der Waals surface area contributed by atoms with Gasteiger partial charge in [0.25, 0.3) is 5.91 Å². The van der Waals surface area contributed by atoms with E-state index in [1.807, 2.05) is 4.90 Å². The molecule has 4 aromatic heterocycles. The number of aromatic nitrogens is 5. The number of alkyl halides is 3. The summed E-state index contributed by atoms with van der Waals surface area (Å²) in [4.78, 5) is 28.1. The molecule has 1 aliphatic heterocycles. The maximum absolute atomic E-state index is 13.4. The number of nitrogens with two attached hydrogens (primary N) is 1. The Kier molecular flexibility index (Phi) is 5.96. The van der Waals surface area contributed by atoms with Crippen LogP contribution in [0.4, 0.5) is 13.2 Å². The number of halogens is 3. The molecule has 0 unspecified atom stereocenters. The zero-order chi connectivity index (χ0) is 24.7. The Morgan fingerprint density at radius 3 is 2.66 bits per heavy atom. The van der Waals surface area contributed by atoms with Gasteiger partial charge >= 0.3 is 6.18 Å². The summed E-state index contributed by atoms with van der Waals surface area (Å²) in [6, 6.07) is 6.70. The molecule has 35 heavy (non-hydrogen) atoms. The molecule has 1 fully saturated rings. The molecular weight excluding hydrogens is 459 g/mol. The number of pyridine rings is 2. The number of hydrogen-bond acceptors (Lipinski definition) is 5. The van der Waals surface area contributed by atoms with Gasteiger partial charge in [0.15, 0.2) is 11.5 Å². The van der Waals surface area contributed by atoms with Gasteiger partial charge in [0.1, 0.15) is 17.7 Å². The number of imidazole rings is 1. The molecule has 184 valence electrons. The fraction of sp³-hybridized carbons (Fsp3) is 0.417. The van der Waals surface area contributed by atoms with Crippen molar-refractivity contribution in [1.29, 1.82) is 0 Å². The van der Waals surface area contributed by atoms with Crippen molar-refractivity contribution in [2.24, 2.45) is 18.7 Å². The molecule has 0 spiro atoms. The van der Waals surface area contributed by atoms with Gasteiger partial charge < -0.3 is 19.8 Å². The number of carbonyl (C=O) groups is 1. The van der Waals surface area contributed by atoms with Gasteiger partial charge in [-0.1, -0.05) is 0 Å². The van der Waals surface area contributed by atoms with Crippen LogP contribution in [0.3, 0.4) is 0 Å². The van der Waals surface area contributed by atoms with E-state index in [1.165, 1.54) is 12.4 Å². The van der Waals surface area contributed by atoms with Crippen molar-refractivity contribution in [2.75, 3.05) is 19.6 Å². The van der Waals surface area contributed by atoms with Crippen molar-refractivity contribution in [3.8, 4) is 11.5 Å². The second kappa shape index (κ2) is 8.95. The topological polar surface area (TPSA) is 94.9 Å². The summed E-state index contributed by atoms with van der Waals surface area (Å²) in [6.07, 6.45) is 1.35. The first-order valence-electron chi connectivity index (χ1n) is 11.6. The molecule has 0 aromatic carbocycles. The Balaban J connectivity index is 1.50. The smallest absolute Gasteiger partial charge is 0.339 e. The number of fused-ring (bicyclic) bond motifs is 2. The fourth-order valence-electron chi connectivity index (χ4n) is 4.88. The normalized spacial score (nSPS) is 15.4. The van der Waals surface area contributed by atoms with Crippen molar-refractivity contribution >= 4 is 28.1 Å². The van der Waals surface area contributed by atoms with Gasteiger partial charge in [-0.3, -0.25) is 4.79 Å². The summed E-state index contributed by atoms with van der Waals surface area (Å²) >= 11 is 0. The first kappa shape index (κ1) is 23.3. The van der Waals surface area contributed by atoms with E-state index in [1.54, 1.807) is 35.9 Å². The highest BCUT2D eigenvalue weighted by molar-refractivity contribution is 5.97. The summed E-state index contributed by atoms with van der Waals surface area (Å²) in [5, 5.41) is 0.584. The lowest BCUT2D eigenvalue weighted by atomic mass is 9.93. The molecule has 0 saturated carbocycles. The number of likely N-dealkylation sites (tertiary alicyclic amines) is 1. The van der Waals surface area contributed by atoms with Crippen molar-refractivity contribution < 1.29 is 18.0 Å². The molecule has 0 radical (unpaired) electrons. The van der Waals surface area contributed by atoms with Crippen LogP contribution < -0.4 is 5.73 Å². The number of hydrogen-bond donors (Lipinski definition) is 1. The van der Waals surface area contributed by atoms with Crippen molar-refractivity contribution in [3.05, 3.63) is 42.2 Å². The van der Waals surface area contributed by atoms with Gasteiger partial charge in [0, 0.05) is 37.9 Å². The van der Waals surface area contributed by atoms with Crippen molar-refractivity contribution in [1.82, 2.24) is 29.0 Å². The Bertz CT molecular complexity index is 1380. The Labute approximate surface area is 199 Å². The zero-order valence-corrected chi connectivity index (χ0v) is 19.3. The number of carbonyl (C=O) groups excluding carboxylic acids is 1. The second-order valence-electron chi connectivity index (χ2n) is 9.02. The third kappa shape index (κ3) is 4.47. The van der Waals surface area contributed by atoms with Gasteiger partial charge in [-0.25, -0.2) is 15.0 Å². The van der Waals surface area contributed by atoms with Gasteiger partial charge in [0.2, 0.25) is 0 Å². The molecule has 1 amide bonds. The molecule has 11 heteroatoms. The van der Waals surface area contributed by atoms with Crippen molar-refractivity contribution in [3.63, 3.8) is 0 Å². The van der Waals surface area contributed by atoms with Crippen LogP contribution >= 0.6 is 0 Å². The molecule has 0 aliphatic carbocycles. The molecule has 0 atom stereocenters. The highest BCUT2D eigenvalue weighted by Crippen LogP contribution is 2.32. The summed E-state index contributed by atoms with van der Waals surface area (Å²) in [6.45, 7) is 0.793. The minimum absolute atomic E-state index is 0.117. The van der Waals surface area contributed by atoms with Gasteiger partial charge in [-0.15, -0.1) is 0 Å². The first-order valence-corrected chi connectivity index (χ1v) is 11.6. The zero-order valence-electron chi connectivity index (χ0n) is 19.3. The summed E-state index contributed by atoms with van der Waals surface area (Å²) in [7, 11) is 1.70. The third-order valence-electron chi connectivity index (χ3n) is 6.65. The number of aryl methyl sites for hydroxylation is 1. The Morgan fingerprint density at radius 2 is 1.94 bits per heavy atom. The maximum Gasteiger partial charge on any atom is 0.406 e. The van der Waals surface area contributed by atoms with Crippen LogP contribution in [0, 0.1) is 5.92 Å². The molecule has 4 aromatic rings.